The molecule has 5 nitrogen and oxygen atoms in total. The number of hydrogen-bond donors (Lipinski definition) is 1. The van der Waals surface area contributed by atoms with Crippen molar-refractivity contribution in [3.05, 3.63) is 17.0 Å². The Bertz CT molecular complexity index is 363. The van der Waals surface area contributed by atoms with E-state index in [2.05, 4.69) is 15.3 Å². The van der Waals surface area contributed by atoms with Gasteiger partial charge in [-0.25, -0.2) is 9.97 Å². The number of anilines is 1. The van der Waals surface area contributed by atoms with Crippen LogP contribution in [0.25, 0.3) is 0 Å². The van der Waals surface area contributed by atoms with Gasteiger partial charge in [0.2, 0.25) is 11.2 Å². The first-order valence-electron chi connectivity index (χ1n) is 5.02. The molecule has 0 atom stereocenters. The van der Waals surface area contributed by atoms with E-state index in [0.29, 0.717) is 12.4 Å². The van der Waals surface area contributed by atoms with E-state index in [1.54, 1.807) is 18.0 Å². The van der Waals surface area contributed by atoms with E-state index in [0.717, 1.165) is 5.69 Å². The van der Waals surface area contributed by atoms with Gasteiger partial charge in [0.15, 0.2) is 0 Å². The maximum atomic E-state index is 11.4. The van der Waals surface area contributed by atoms with Crippen molar-refractivity contribution in [2.45, 2.75) is 13.8 Å². The van der Waals surface area contributed by atoms with Gasteiger partial charge < -0.3 is 10.2 Å². The summed E-state index contributed by atoms with van der Waals surface area (Å²) in [6.07, 6.45) is 0. The van der Waals surface area contributed by atoms with Gasteiger partial charge in [0.1, 0.15) is 5.82 Å². The highest BCUT2D eigenvalue weighted by Gasteiger charge is 2.09. The highest BCUT2D eigenvalue weighted by atomic mass is 35.5. The number of aromatic nitrogens is 2. The molecular weight excluding hydrogens is 228 g/mol. The molecule has 88 valence electrons. The second-order valence-electron chi connectivity index (χ2n) is 3.45. The predicted molar refractivity (Wildman–Crippen MR) is 63.7 cm³/mol. The molecular formula is C10H15ClN4O. The van der Waals surface area contributed by atoms with Crippen LogP contribution in [0, 0.1) is 6.92 Å². The number of carbonyl (C=O) groups is 1. The van der Waals surface area contributed by atoms with Crippen LogP contribution in [-0.2, 0) is 4.79 Å². The molecule has 0 aliphatic heterocycles. The van der Waals surface area contributed by atoms with Crippen LogP contribution >= 0.6 is 11.6 Å². The third-order valence-corrected chi connectivity index (χ3v) is 2.13. The standard InChI is InChI=1S/C10H15ClN4O/c1-4-12-9(16)6-15(3)8-5-7(2)13-10(11)14-8/h5H,4,6H2,1-3H3,(H,12,16). The fourth-order valence-electron chi connectivity index (χ4n) is 1.26. The largest absolute Gasteiger partial charge is 0.355 e. The lowest BCUT2D eigenvalue weighted by atomic mass is 10.4. The molecule has 0 bridgehead atoms. The Morgan fingerprint density at radius 2 is 2.25 bits per heavy atom. The Balaban J connectivity index is 2.72. The number of rotatable bonds is 4. The van der Waals surface area contributed by atoms with Gasteiger partial charge in [-0.3, -0.25) is 4.79 Å². The Hall–Kier alpha value is -1.36. The van der Waals surface area contributed by atoms with Gasteiger partial charge >= 0.3 is 0 Å². The molecule has 1 aromatic heterocycles. The van der Waals surface area contributed by atoms with Crippen molar-refractivity contribution < 1.29 is 4.79 Å². The summed E-state index contributed by atoms with van der Waals surface area (Å²) in [5, 5.41) is 2.91. The summed E-state index contributed by atoms with van der Waals surface area (Å²) in [5.74, 6) is 0.598. The summed E-state index contributed by atoms with van der Waals surface area (Å²) >= 11 is 5.74. The molecule has 0 saturated carbocycles. The first kappa shape index (κ1) is 12.7. The van der Waals surface area contributed by atoms with E-state index in [9.17, 15) is 4.79 Å². The molecule has 0 unspecified atom stereocenters. The Morgan fingerprint density at radius 1 is 1.56 bits per heavy atom. The number of aryl methyl sites for hydroxylation is 1. The van der Waals surface area contributed by atoms with Gasteiger partial charge in [0.05, 0.1) is 6.54 Å². The topological polar surface area (TPSA) is 58.1 Å². The fraction of sp³-hybridized carbons (Fsp3) is 0.500. The Kier molecular flexibility index (Phi) is 4.49. The lowest BCUT2D eigenvalue weighted by Gasteiger charge is -2.17. The van der Waals surface area contributed by atoms with Crippen LogP contribution in [-0.4, -0.2) is 36.0 Å². The van der Waals surface area contributed by atoms with Crippen LogP contribution in [0.2, 0.25) is 5.28 Å². The molecule has 1 heterocycles. The van der Waals surface area contributed by atoms with Crippen molar-refractivity contribution in [2.75, 3.05) is 25.0 Å². The number of hydrogen-bond acceptors (Lipinski definition) is 4. The van der Waals surface area contributed by atoms with Gasteiger partial charge in [0.25, 0.3) is 0 Å². The van der Waals surface area contributed by atoms with Gasteiger partial charge in [-0.05, 0) is 25.4 Å². The van der Waals surface area contributed by atoms with Crippen LogP contribution in [0.15, 0.2) is 6.07 Å². The quantitative estimate of drug-likeness (QED) is 0.801. The smallest absolute Gasteiger partial charge is 0.239 e. The van der Waals surface area contributed by atoms with Crippen molar-refractivity contribution in [2.24, 2.45) is 0 Å². The molecule has 1 N–H and O–H groups in total. The maximum Gasteiger partial charge on any atom is 0.239 e. The van der Waals surface area contributed by atoms with Crippen molar-refractivity contribution >= 4 is 23.3 Å². The summed E-state index contributed by atoms with van der Waals surface area (Å²) in [6.45, 7) is 4.58. The maximum absolute atomic E-state index is 11.4. The van der Waals surface area contributed by atoms with Crippen molar-refractivity contribution in [3.8, 4) is 0 Å². The van der Waals surface area contributed by atoms with Crippen LogP contribution in [0.3, 0.4) is 0 Å². The summed E-state index contributed by atoms with van der Waals surface area (Å²) in [4.78, 5) is 21.1. The minimum absolute atomic E-state index is 0.0441. The number of nitrogens with zero attached hydrogens (tertiary/aromatic N) is 3. The van der Waals surface area contributed by atoms with E-state index in [1.165, 1.54) is 0 Å². The summed E-state index contributed by atoms with van der Waals surface area (Å²) < 4.78 is 0. The molecule has 6 heteroatoms. The predicted octanol–water partition coefficient (Wildman–Crippen LogP) is 1.01. The van der Waals surface area contributed by atoms with Crippen molar-refractivity contribution in [3.63, 3.8) is 0 Å². The lowest BCUT2D eigenvalue weighted by molar-refractivity contribution is -0.119. The summed E-state index contributed by atoms with van der Waals surface area (Å²) in [5.41, 5.74) is 0.776. The number of likely N-dealkylation sites (N-methyl/N-ethyl adjacent to an activating group) is 2. The molecule has 0 radical (unpaired) electrons. The van der Waals surface area contributed by atoms with E-state index in [1.807, 2.05) is 13.8 Å². The number of halogens is 1. The molecule has 1 rings (SSSR count). The monoisotopic (exact) mass is 242 g/mol. The Morgan fingerprint density at radius 3 is 2.81 bits per heavy atom. The summed E-state index contributed by atoms with van der Waals surface area (Å²) in [7, 11) is 1.79. The molecule has 0 spiro atoms. The second kappa shape index (κ2) is 5.65. The molecule has 16 heavy (non-hydrogen) atoms. The van der Waals surface area contributed by atoms with E-state index >= 15 is 0 Å². The van der Waals surface area contributed by atoms with E-state index < -0.39 is 0 Å². The van der Waals surface area contributed by atoms with E-state index in [-0.39, 0.29) is 17.7 Å². The fourth-order valence-corrected chi connectivity index (χ4v) is 1.48. The minimum Gasteiger partial charge on any atom is -0.355 e. The molecule has 0 saturated heterocycles. The van der Waals surface area contributed by atoms with Gasteiger partial charge in [0, 0.05) is 25.4 Å². The van der Waals surface area contributed by atoms with Gasteiger partial charge in [-0.15, -0.1) is 0 Å². The highest BCUT2D eigenvalue weighted by Crippen LogP contribution is 2.12. The van der Waals surface area contributed by atoms with Crippen molar-refractivity contribution in [1.82, 2.24) is 15.3 Å². The van der Waals surface area contributed by atoms with Crippen LogP contribution in [0.4, 0.5) is 5.82 Å². The van der Waals surface area contributed by atoms with Crippen LogP contribution in [0.1, 0.15) is 12.6 Å². The number of amides is 1. The molecule has 0 fully saturated rings. The third kappa shape index (κ3) is 3.66. The summed E-state index contributed by atoms with van der Waals surface area (Å²) in [6, 6.07) is 1.78. The zero-order valence-electron chi connectivity index (χ0n) is 9.62. The van der Waals surface area contributed by atoms with Gasteiger partial charge in [-0.2, -0.15) is 0 Å². The average molecular weight is 243 g/mol. The highest BCUT2D eigenvalue weighted by molar-refractivity contribution is 6.28. The SMILES string of the molecule is CCNC(=O)CN(C)c1cc(C)nc(Cl)n1. The van der Waals surface area contributed by atoms with Crippen LogP contribution in [0.5, 0.6) is 0 Å². The normalized spacial score (nSPS) is 10.0. The Labute approximate surface area is 99.8 Å². The first-order valence-corrected chi connectivity index (χ1v) is 5.39. The molecule has 0 aliphatic carbocycles. The van der Waals surface area contributed by atoms with Gasteiger partial charge in [-0.1, -0.05) is 0 Å². The zero-order chi connectivity index (χ0) is 12.1. The minimum atomic E-state index is -0.0441. The first-order chi connectivity index (χ1) is 7.52. The molecule has 1 amide bonds. The zero-order valence-corrected chi connectivity index (χ0v) is 10.4. The average Bonchev–Trinajstić information content (AvgIpc) is 2.16. The second-order valence-corrected chi connectivity index (χ2v) is 3.78. The van der Waals surface area contributed by atoms with Crippen molar-refractivity contribution in [1.29, 1.82) is 0 Å². The van der Waals surface area contributed by atoms with Crippen LogP contribution < -0.4 is 10.2 Å². The third-order valence-electron chi connectivity index (χ3n) is 1.96. The van der Waals surface area contributed by atoms with E-state index in [4.69, 9.17) is 11.6 Å². The lowest BCUT2D eigenvalue weighted by Crippen LogP contribution is -2.35. The molecule has 0 aromatic carbocycles. The number of carbonyl (C=O) groups excluding carboxylic acids is 1. The number of nitrogens with one attached hydrogen (secondary N) is 1. The molecule has 0 aliphatic rings. The molecule has 1 aromatic rings.